The largest absolute Gasteiger partial charge is 0.437 e. The second kappa shape index (κ2) is 9.27. The Morgan fingerprint density at radius 3 is 2.54 bits per heavy atom. The zero-order chi connectivity index (χ0) is 19.8. The Morgan fingerprint density at radius 2 is 1.82 bits per heavy atom. The van der Waals surface area contributed by atoms with E-state index >= 15 is 0 Å². The van der Waals surface area contributed by atoms with Crippen molar-refractivity contribution in [1.29, 1.82) is 0 Å². The molecule has 0 bridgehead atoms. The number of hydrogen-bond acceptors (Lipinski definition) is 5. The number of amides is 2. The molecule has 0 atom stereocenters. The van der Waals surface area contributed by atoms with E-state index in [1.165, 1.54) is 6.92 Å². The van der Waals surface area contributed by atoms with E-state index in [-0.39, 0.29) is 17.7 Å². The Hall–Kier alpha value is -3.74. The van der Waals surface area contributed by atoms with Crippen LogP contribution < -0.4 is 15.4 Å². The third-order valence-electron chi connectivity index (χ3n) is 3.84. The van der Waals surface area contributed by atoms with Gasteiger partial charge in [-0.05, 0) is 48.4 Å². The minimum Gasteiger partial charge on any atom is -0.437 e. The van der Waals surface area contributed by atoms with Gasteiger partial charge in [-0.1, -0.05) is 12.1 Å². The summed E-state index contributed by atoms with van der Waals surface area (Å²) in [5.41, 5.74) is 2.15. The Morgan fingerprint density at radius 1 is 1.04 bits per heavy atom. The number of benzene rings is 1. The molecule has 0 radical (unpaired) electrons. The van der Waals surface area contributed by atoms with Crippen molar-refractivity contribution >= 4 is 17.5 Å². The SMILES string of the molecule is CC(=O)Nc1ccc(CCNC(=O)c2cccnc2Oc2cccnc2)cc1. The highest BCUT2D eigenvalue weighted by molar-refractivity contribution is 5.96. The first-order chi connectivity index (χ1) is 13.6. The molecule has 2 N–H and O–H groups in total. The number of rotatable bonds is 7. The fourth-order valence-corrected chi connectivity index (χ4v) is 2.54. The van der Waals surface area contributed by atoms with E-state index in [0.717, 1.165) is 11.3 Å². The van der Waals surface area contributed by atoms with E-state index in [9.17, 15) is 9.59 Å². The number of hydrogen-bond donors (Lipinski definition) is 2. The maximum Gasteiger partial charge on any atom is 0.256 e. The molecule has 3 rings (SSSR count). The van der Waals surface area contributed by atoms with Crippen molar-refractivity contribution in [2.75, 3.05) is 11.9 Å². The lowest BCUT2D eigenvalue weighted by Crippen LogP contribution is -2.26. The van der Waals surface area contributed by atoms with E-state index < -0.39 is 0 Å². The summed E-state index contributed by atoms with van der Waals surface area (Å²) in [6.45, 7) is 1.92. The predicted octanol–water partition coefficient (Wildman–Crippen LogP) is 3.20. The average molecular weight is 376 g/mol. The highest BCUT2D eigenvalue weighted by atomic mass is 16.5. The van der Waals surface area contributed by atoms with Gasteiger partial charge in [0.2, 0.25) is 11.8 Å². The highest BCUT2D eigenvalue weighted by Gasteiger charge is 2.14. The summed E-state index contributed by atoms with van der Waals surface area (Å²) in [5.74, 6) is 0.366. The maximum atomic E-state index is 12.5. The summed E-state index contributed by atoms with van der Waals surface area (Å²) in [4.78, 5) is 31.7. The van der Waals surface area contributed by atoms with Crippen LogP contribution in [-0.2, 0) is 11.2 Å². The molecule has 2 aromatic heterocycles. The van der Waals surface area contributed by atoms with Crippen LogP contribution in [0.3, 0.4) is 0 Å². The first-order valence-electron chi connectivity index (χ1n) is 8.79. The Balaban J connectivity index is 1.57. The number of nitrogens with one attached hydrogen (secondary N) is 2. The van der Waals surface area contributed by atoms with Crippen molar-refractivity contribution in [3.8, 4) is 11.6 Å². The molecule has 0 unspecified atom stereocenters. The van der Waals surface area contributed by atoms with Gasteiger partial charge in [-0.3, -0.25) is 14.6 Å². The lowest BCUT2D eigenvalue weighted by atomic mass is 10.1. The monoisotopic (exact) mass is 376 g/mol. The Kier molecular flexibility index (Phi) is 6.30. The maximum absolute atomic E-state index is 12.5. The lowest BCUT2D eigenvalue weighted by Gasteiger charge is -2.10. The van der Waals surface area contributed by atoms with Crippen LogP contribution in [-0.4, -0.2) is 28.3 Å². The number of nitrogens with zero attached hydrogens (tertiary/aromatic N) is 2. The molecule has 7 heteroatoms. The molecule has 0 fully saturated rings. The molecule has 0 aliphatic carbocycles. The van der Waals surface area contributed by atoms with E-state index in [1.54, 1.807) is 42.9 Å². The summed E-state index contributed by atoms with van der Waals surface area (Å²) in [5, 5.41) is 5.60. The molecular weight excluding hydrogens is 356 g/mol. The van der Waals surface area contributed by atoms with Gasteiger partial charge in [-0.15, -0.1) is 0 Å². The van der Waals surface area contributed by atoms with Crippen molar-refractivity contribution < 1.29 is 14.3 Å². The van der Waals surface area contributed by atoms with E-state index in [1.807, 2.05) is 24.3 Å². The van der Waals surface area contributed by atoms with E-state index in [2.05, 4.69) is 20.6 Å². The molecule has 0 spiro atoms. The number of anilines is 1. The van der Waals surface area contributed by atoms with Crippen LogP contribution >= 0.6 is 0 Å². The third-order valence-corrected chi connectivity index (χ3v) is 3.84. The van der Waals surface area contributed by atoms with E-state index in [4.69, 9.17) is 4.74 Å². The van der Waals surface area contributed by atoms with Crippen LogP contribution in [0.4, 0.5) is 5.69 Å². The first kappa shape index (κ1) is 19.0. The molecule has 28 heavy (non-hydrogen) atoms. The van der Waals surface area contributed by atoms with Crippen LogP contribution in [0.1, 0.15) is 22.8 Å². The second-order valence-corrected chi connectivity index (χ2v) is 6.03. The minimum absolute atomic E-state index is 0.110. The zero-order valence-corrected chi connectivity index (χ0v) is 15.4. The van der Waals surface area contributed by atoms with Gasteiger partial charge in [0.25, 0.3) is 5.91 Å². The molecule has 0 aliphatic rings. The molecule has 1 aromatic carbocycles. The summed E-state index contributed by atoms with van der Waals surface area (Å²) in [6.07, 6.45) is 5.42. The molecule has 2 heterocycles. The predicted molar refractivity (Wildman–Crippen MR) is 105 cm³/mol. The quantitative estimate of drug-likeness (QED) is 0.660. The zero-order valence-electron chi connectivity index (χ0n) is 15.4. The van der Waals surface area contributed by atoms with Gasteiger partial charge in [0.15, 0.2) is 0 Å². The van der Waals surface area contributed by atoms with Gasteiger partial charge in [0.05, 0.1) is 6.20 Å². The highest BCUT2D eigenvalue weighted by Crippen LogP contribution is 2.21. The standard InChI is InChI=1S/C21H20N4O3/c1-15(26)25-17-8-6-16(7-9-17)10-13-23-20(27)19-5-3-12-24-21(19)28-18-4-2-11-22-14-18/h2-9,11-12,14H,10,13H2,1H3,(H,23,27)(H,25,26). The van der Waals surface area contributed by atoms with Crippen molar-refractivity contribution in [2.45, 2.75) is 13.3 Å². The number of ether oxygens (including phenoxy) is 1. The summed E-state index contributed by atoms with van der Waals surface area (Å²) >= 11 is 0. The van der Waals surface area contributed by atoms with Gasteiger partial charge >= 0.3 is 0 Å². The van der Waals surface area contributed by atoms with Gasteiger partial charge in [-0.2, -0.15) is 0 Å². The average Bonchev–Trinajstić information content (AvgIpc) is 2.70. The molecular formula is C21H20N4O3. The fourth-order valence-electron chi connectivity index (χ4n) is 2.54. The number of carbonyl (C=O) groups excluding carboxylic acids is 2. The van der Waals surface area contributed by atoms with Gasteiger partial charge < -0.3 is 15.4 Å². The van der Waals surface area contributed by atoms with Crippen LogP contribution in [0, 0.1) is 0 Å². The molecule has 2 amide bonds. The summed E-state index contributed by atoms with van der Waals surface area (Å²) in [7, 11) is 0. The van der Waals surface area contributed by atoms with Gasteiger partial charge in [0.1, 0.15) is 11.3 Å². The number of carbonyl (C=O) groups is 2. The summed E-state index contributed by atoms with van der Waals surface area (Å²) in [6, 6.07) is 14.3. The Bertz CT molecular complexity index is 943. The Labute approximate surface area is 162 Å². The van der Waals surface area contributed by atoms with Crippen molar-refractivity contribution in [3.63, 3.8) is 0 Å². The lowest BCUT2D eigenvalue weighted by molar-refractivity contribution is -0.114. The first-order valence-corrected chi connectivity index (χ1v) is 8.79. The molecule has 142 valence electrons. The number of pyridine rings is 2. The molecule has 0 aliphatic heterocycles. The van der Waals surface area contributed by atoms with Crippen LogP contribution in [0.25, 0.3) is 0 Å². The topological polar surface area (TPSA) is 93.2 Å². The number of aromatic nitrogens is 2. The van der Waals surface area contributed by atoms with Crippen LogP contribution in [0.2, 0.25) is 0 Å². The summed E-state index contributed by atoms with van der Waals surface area (Å²) < 4.78 is 5.67. The van der Waals surface area contributed by atoms with Crippen molar-refractivity contribution in [1.82, 2.24) is 15.3 Å². The fraction of sp³-hybridized carbons (Fsp3) is 0.143. The molecule has 7 nitrogen and oxygen atoms in total. The van der Waals surface area contributed by atoms with Gasteiger partial charge in [-0.25, -0.2) is 4.98 Å². The molecule has 3 aromatic rings. The van der Waals surface area contributed by atoms with Crippen LogP contribution in [0.15, 0.2) is 67.1 Å². The third kappa shape index (κ3) is 5.38. The van der Waals surface area contributed by atoms with Crippen molar-refractivity contribution in [2.24, 2.45) is 0 Å². The molecule has 0 saturated carbocycles. The molecule has 0 saturated heterocycles. The van der Waals surface area contributed by atoms with Crippen molar-refractivity contribution in [3.05, 3.63) is 78.2 Å². The van der Waals surface area contributed by atoms with Crippen LogP contribution in [0.5, 0.6) is 11.6 Å². The van der Waals surface area contributed by atoms with E-state index in [0.29, 0.717) is 24.3 Å². The van der Waals surface area contributed by atoms with Gasteiger partial charge in [0, 0.05) is 31.5 Å². The normalized spacial score (nSPS) is 10.2. The minimum atomic E-state index is -0.262. The smallest absolute Gasteiger partial charge is 0.256 e. The second-order valence-electron chi connectivity index (χ2n) is 6.03.